The van der Waals surface area contributed by atoms with E-state index >= 15 is 0 Å². The van der Waals surface area contributed by atoms with E-state index in [0.717, 1.165) is 6.42 Å². The molecule has 1 aliphatic carbocycles. The number of fused-ring (bicyclic) bond motifs is 3. The fraction of sp³-hybridized carbons (Fsp3) is 0.500. The monoisotopic (exact) mass is 297 g/mol. The van der Waals surface area contributed by atoms with E-state index in [9.17, 15) is 4.79 Å². The number of nitrogens with zero attached hydrogens (tertiary/aromatic N) is 5. The molecule has 0 aromatic carbocycles. The maximum absolute atomic E-state index is 12.9. The van der Waals surface area contributed by atoms with Gasteiger partial charge < -0.3 is 4.57 Å². The molecular formula is C16H19N5O. The SMILES string of the molecule is C[C@@H]1[C@@H](C)CCC[C@@H]1n1ccc2c(nnc3ccnn32)c1=O. The van der Waals surface area contributed by atoms with Crippen LogP contribution >= 0.6 is 0 Å². The van der Waals surface area contributed by atoms with E-state index in [1.807, 2.05) is 16.8 Å². The standard InChI is InChI=1S/C16H19N5O/c1-10-4-3-5-12(11(10)2)20-9-7-13-15(16(20)22)19-18-14-6-8-17-21(13)14/h6-12H,3-5H2,1-2H3/t10-,11+,12-/m0/s1. The van der Waals surface area contributed by atoms with Gasteiger partial charge in [0.2, 0.25) is 0 Å². The van der Waals surface area contributed by atoms with E-state index < -0.39 is 0 Å². The maximum atomic E-state index is 12.9. The summed E-state index contributed by atoms with van der Waals surface area (Å²) in [5, 5.41) is 12.4. The van der Waals surface area contributed by atoms with Gasteiger partial charge in [0, 0.05) is 18.3 Å². The van der Waals surface area contributed by atoms with E-state index in [1.165, 1.54) is 12.8 Å². The van der Waals surface area contributed by atoms with Gasteiger partial charge >= 0.3 is 0 Å². The third-order valence-electron chi connectivity index (χ3n) is 5.20. The van der Waals surface area contributed by atoms with E-state index in [-0.39, 0.29) is 11.6 Å². The Kier molecular flexibility index (Phi) is 2.99. The Morgan fingerprint density at radius 3 is 2.91 bits per heavy atom. The Morgan fingerprint density at radius 2 is 2.05 bits per heavy atom. The summed E-state index contributed by atoms with van der Waals surface area (Å²) >= 11 is 0. The molecule has 0 bridgehead atoms. The number of hydrogen-bond acceptors (Lipinski definition) is 4. The second kappa shape index (κ2) is 4.90. The van der Waals surface area contributed by atoms with Crippen LogP contribution in [0.1, 0.15) is 39.2 Å². The Labute approximate surface area is 127 Å². The van der Waals surface area contributed by atoms with Crippen molar-refractivity contribution in [2.45, 2.75) is 39.2 Å². The first-order chi connectivity index (χ1) is 10.7. The van der Waals surface area contributed by atoms with Crippen molar-refractivity contribution in [2.75, 3.05) is 0 Å². The van der Waals surface area contributed by atoms with Crippen LogP contribution in [0.15, 0.2) is 29.3 Å². The average molecular weight is 297 g/mol. The fourth-order valence-electron chi connectivity index (χ4n) is 3.66. The summed E-state index contributed by atoms with van der Waals surface area (Å²) in [6.45, 7) is 4.52. The van der Waals surface area contributed by atoms with Crippen LogP contribution in [0.3, 0.4) is 0 Å². The van der Waals surface area contributed by atoms with Gasteiger partial charge in [-0.05, 0) is 24.3 Å². The summed E-state index contributed by atoms with van der Waals surface area (Å²) in [5.41, 5.74) is 1.70. The van der Waals surface area contributed by atoms with Gasteiger partial charge in [0.25, 0.3) is 5.56 Å². The van der Waals surface area contributed by atoms with Crippen molar-refractivity contribution in [2.24, 2.45) is 11.8 Å². The van der Waals surface area contributed by atoms with Gasteiger partial charge in [-0.3, -0.25) is 4.79 Å². The molecule has 22 heavy (non-hydrogen) atoms. The van der Waals surface area contributed by atoms with Crippen molar-refractivity contribution in [1.29, 1.82) is 0 Å². The van der Waals surface area contributed by atoms with Crippen molar-refractivity contribution < 1.29 is 0 Å². The molecule has 6 nitrogen and oxygen atoms in total. The van der Waals surface area contributed by atoms with Crippen LogP contribution in [-0.4, -0.2) is 24.4 Å². The molecule has 0 spiro atoms. The highest BCUT2D eigenvalue weighted by Gasteiger charge is 2.29. The number of rotatable bonds is 1. The van der Waals surface area contributed by atoms with Crippen LogP contribution in [0, 0.1) is 11.8 Å². The predicted molar refractivity (Wildman–Crippen MR) is 83.8 cm³/mol. The molecule has 0 unspecified atom stereocenters. The smallest absolute Gasteiger partial charge is 0.280 e. The third kappa shape index (κ3) is 1.86. The first-order valence-electron chi connectivity index (χ1n) is 7.88. The molecule has 0 N–H and O–H groups in total. The second-order valence-electron chi connectivity index (χ2n) is 6.40. The van der Waals surface area contributed by atoms with Crippen LogP contribution in [-0.2, 0) is 0 Å². The van der Waals surface area contributed by atoms with Gasteiger partial charge in [-0.25, -0.2) is 4.52 Å². The van der Waals surface area contributed by atoms with Crippen LogP contribution in [0.2, 0.25) is 0 Å². The normalized spacial score (nSPS) is 25.8. The lowest BCUT2D eigenvalue weighted by atomic mass is 9.78. The molecule has 114 valence electrons. The van der Waals surface area contributed by atoms with Crippen LogP contribution in [0.25, 0.3) is 16.7 Å². The summed E-state index contributed by atoms with van der Waals surface area (Å²) in [4.78, 5) is 12.9. The maximum Gasteiger partial charge on any atom is 0.280 e. The van der Waals surface area contributed by atoms with Crippen LogP contribution in [0.5, 0.6) is 0 Å². The zero-order valence-electron chi connectivity index (χ0n) is 12.8. The minimum atomic E-state index is -0.0617. The Bertz CT molecular complexity index is 896. The number of aromatic nitrogens is 5. The van der Waals surface area contributed by atoms with E-state index in [1.54, 1.807) is 16.8 Å². The zero-order valence-corrected chi connectivity index (χ0v) is 12.8. The molecule has 6 heteroatoms. The lowest BCUT2D eigenvalue weighted by Gasteiger charge is -2.35. The zero-order chi connectivity index (χ0) is 15.3. The summed E-state index contributed by atoms with van der Waals surface area (Å²) in [6, 6.07) is 3.95. The van der Waals surface area contributed by atoms with Gasteiger partial charge in [-0.15, -0.1) is 10.2 Å². The van der Waals surface area contributed by atoms with Gasteiger partial charge in [0.15, 0.2) is 11.2 Å². The lowest BCUT2D eigenvalue weighted by molar-refractivity contribution is 0.183. The Morgan fingerprint density at radius 1 is 1.18 bits per heavy atom. The summed E-state index contributed by atoms with van der Waals surface area (Å²) in [6.07, 6.45) is 7.03. The molecule has 1 fully saturated rings. The highest BCUT2D eigenvalue weighted by atomic mass is 16.1. The molecule has 1 aliphatic rings. The van der Waals surface area contributed by atoms with Crippen molar-refractivity contribution in [3.63, 3.8) is 0 Å². The van der Waals surface area contributed by atoms with Crippen LogP contribution in [0.4, 0.5) is 0 Å². The Balaban J connectivity index is 1.91. The molecule has 3 atom stereocenters. The summed E-state index contributed by atoms with van der Waals surface area (Å²) in [7, 11) is 0. The third-order valence-corrected chi connectivity index (χ3v) is 5.20. The largest absolute Gasteiger partial charge is 0.310 e. The van der Waals surface area contributed by atoms with E-state index in [2.05, 4.69) is 29.1 Å². The topological polar surface area (TPSA) is 65.1 Å². The van der Waals surface area contributed by atoms with Crippen molar-refractivity contribution in [3.8, 4) is 0 Å². The van der Waals surface area contributed by atoms with Gasteiger partial charge in [-0.1, -0.05) is 26.7 Å². The van der Waals surface area contributed by atoms with Crippen LogP contribution < -0.4 is 5.56 Å². The van der Waals surface area contributed by atoms with E-state index in [4.69, 9.17) is 0 Å². The first kappa shape index (κ1) is 13.4. The van der Waals surface area contributed by atoms with Crippen molar-refractivity contribution in [3.05, 3.63) is 34.9 Å². The molecule has 3 aromatic rings. The Hall–Kier alpha value is -2.24. The molecule has 0 saturated heterocycles. The minimum absolute atomic E-state index is 0.0617. The highest BCUT2D eigenvalue weighted by molar-refractivity contribution is 5.74. The molecule has 0 aliphatic heterocycles. The number of pyridine rings is 1. The fourth-order valence-corrected chi connectivity index (χ4v) is 3.66. The minimum Gasteiger partial charge on any atom is -0.310 e. The predicted octanol–water partition coefficient (Wildman–Crippen LogP) is 2.44. The second-order valence-corrected chi connectivity index (χ2v) is 6.40. The quantitative estimate of drug-likeness (QED) is 0.692. The van der Waals surface area contributed by atoms with Gasteiger partial charge in [-0.2, -0.15) is 5.10 Å². The summed E-state index contributed by atoms with van der Waals surface area (Å²) in [5.74, 6) is 1.13. The average Bonchev–Trinajstić information content (AvgIpc) is 3.00. The number of hydrogen-bond donors (Lipinski definition) is 0. The van der Waals surface area contributed by atoms with Crippen molar-refractivity contribution >= 4 is 16.7 Å². The highest BCUT2D eigenvalue weighted by Crippen LogP contribution is 2.36. The molecule has 1 saturated carbocycles. The molecule has 3 heterocycles. The molecule has 0 amide bonds. The molecule has 0 radical (unpaired) electrons. The summed E-state index contributed by atoms with van der Waals surface area (Å²) < 4.78 is 3.52. The molecule has 4 rings (SSSR count). The van der Waals surface area contributed by atoms with E-state index in [0.29, 0.717) is 28.5 Å². The van der Waals surface area contributed by atoms with Gasteiger partial charge in [0.1, 0.15) is 5.52 Å². The van der Waals surface area contributed by atoms with Crippen molar-refractivity contribution in [1.82, 2.24) is 24.4 Å². The molecular weight excluding hydrogens is 278 g/mol. The first-order valence-corrected chi connectivity index (χ1v) is 7.88. The van der Waals surface area contributed by atoms with Gasteiger partial charge in [0.05, 0.1) is 6.20 Å². The lowest BCUT2D eigenvalue weighted by Crippen LogP contribution is -2.34. The molecule has 3 aromatic heterocycles.